The Labute approximate surface area is 153 Å². The lowest BCUT2D eigenvalue weighted by atomic mass is 9.88. The van der Waals surface area contributed by atoms with Gasteiger partial charge in [-0.1, -0.05) is 26.0 Å². The fourth-order valence-corrected chi connectivity index (χ4v) is 2.99. The lowest BCUT2D eigenvalue weighted by Crippen LogP contribution is -2.16. The minimum absolute atomic E-state index is 0.0444. The van der Waals surface area contributed by atoms with Crippen molar-refractivity contribution in [3.05, 3.63) is 46.9 Å². The highest BCUT2D eigenvalue weighted by atomic mass is 19.1. The van der Waals surface area contributed by atoms with E-state index in [0.717, 1.165) is 5.56 Å². The fraction of sp³-hybridized carbons (Fsp3) is 0.400. The van der Waals surface area contributed by atoms with E-state index in [9.17, 15) is 9.18 Å². The molecule has 3 N–H and O–H groups in total. The Morgan fingerprint density at radius 1 is 1.27 bits per heavy atom. The normalized spacial score (nSPS) is 11.0. The topological polar surface area (TPSA) is 85.4 Å². The zero-order chi connectivity index (χ0) is 19.3. The van der Waals surface area contributed by atoms with E-state index in [-0.39, 0.29) is 18.3 Å². The molecule has 0 aliphatic heterocycles. The number of benzene rings is 1. The van der Waals surface area contributed by atoms with Crippen molar-refractivity contribution < 1.29 is 19.0 Å². The van der Waals surface area contributed by atoms with E-state index in [2.05, 4.69) is 4.98 Å². The molecule has 1 heterocycles. The lowest BCUT2D eigenvalue weighted by Gasteiger charge is -2.20. The van der Waals surface area contributed by atoms with Crippen molar-refractivity contribution >= 4 is 11.8 Å². The van der Waals surface area contributed by atoms with E-state index in [1.807, 2.05) is 13.8 Å². The van der Waals surface area contributed by atoms with Gasteiger partial charge in [-0.25, -0.2) is 14.2 Å². The quantitative estimate of drug-likeness (QED) is 0.581. The Balaban J connectivity index is 2.78. The van der Waals surface area contributed by atoms with Crippen molar-refractivity contribution in [1.82, 2.24) is 4.98 Å². The third-order valence-electron chi connectivity index (χ3n) is 4.26. The van der Waals surface area contributed by atoms with Crippen LogP contribution in [0.2, 0.25) is 0 Å². The first-order valence-corrected chi connectivity index (χ1v) is 8.68. The van der Waals surface area contributed by atoms with Gasteiger partial charge in [0, 0.05) is 17.7 Å². The van der Waals surface area contributed by atoms with Crippen molar-refractivity contribution in [3.8, 4) is 11.1 Å². The summed E-state index contributed by atoms with van der Waals surface area (Å²) in [6, 6.07) is 5.94. The Bertz CT molecular complexity index is 774. The highest BCUT2D eigenvalue weighted by Crippen LogP contribution is 2.36. The van der Waals surface area contributed by atoms with Gasteiger partial charge in [0.1, 0.15) is 11.6 Å². The molecule has 0 saturated heterocycles. The SMILES string of the molecule is COC(=O)c1c(C(C)C)nc(N)c(CCCCO)c1-c1ccc(F)cc1. The van der Waals surface area contributed by atoms with Crippen LogP contribution in [0, 0.1) is 5.82 Å². The van der Waals surface area contributed by atoms with Crippen molar-refractivity contribution in [3.63, 3.8) is 0 Å². The van der Waals surface area contributed by atoms with Crippen molar-refractivity contribution in [1.29, 1.82) is 0 Å². The molecule has 0 atom stereocenters. The molecule has 2 aromatic rings. The molecule has 0 aliphatic carbocycles. The van der Waals surface area contributed by atoms with Gasteiger partial charge in [-0.05, 0) is 42.9 Å². The summed E-state index contributed by atoms with van der Waals surface area (Å²) in [5.74, 6) is -0.555. The molecule has 0 radical (unpaired) electrons. The lowest BCUT2D eigenvalue weighted by molar-refractivity contribution is 0.0599. The monoisotopic (exact) mass is 360 g/mol. The van der Waals surface area contributed by atoms with E-state index in [1.165, 1.54) is 19.2 Å². The second kappa shape index (κ2) is 8.76. The number of carbonyl (C=O) groups is 1. The first-order chi connectivity index (χ1) is 12.4. The van der Waals surface area contributed by atoms with E-state index >= 15 is 0 Å². The zero-order valence-electron chi connectivity index (χ0n) is 15.4. The minimum atomic E-state index is -0.496. The van der Waals surface area contributed by atoms with Crippen LogP contribution < -0.4 is 5.73 Å². The largest absolute Gasteiger partial charge is 0.465 e. The molecule has 0 spiro atoms. The molecule has 0 amide bonds. The smallest absolute Gasteiger partial charge is 0.340 e. The summed E-state index contributed by atoms with van der Waals surface area (Å²) in [6.07, 6.45) is 1.86. The van der Waals surface area contributed by atoms with Gasteiger partial charge >= 0.3 is 5.97 Å². The average Bonchev–Trinajstić information content (AvgIpc) is 2.62. The van der Waals surface area contributed by atoms with Crippen LogP contribution in [-0.4, -0.2) is 29.8 Å². The molecule has 1 aromatic heterocycles. The van der Waals surface area contributed by atoms with Gasteiger partial charge in [0.25, 0.3) is 0 Å². The molecular formula is C20H25FN2O3. The summed E-state index contributed by atoms with van der Waals surface area (Å²) < 4.78 is 18.4. The molecule has 2 rings (SSSR count). The molecule has 0 saturated carbocycles. The Morgan fingerprint density at radius 2 is 1.92 bits per heavy atom. The zero-order valence-corrected chi connectivity index (χ0v) is 15.4. The molecule has 0 bridgehead atoms. The van der Waals surface area contributed by atoms with E-state index in [4.69, 9.17) is 15.6 Å². The number of nitrogens with zero attached hydrogens (tertiary/aromatic N) is 1. The number of carbonyl (C=O) groups excluding carboxylic acids is 1. The van der Waals surface area contributed by atoms with Gasteiger partial charge in [-0.3, -0.25) is 0 Å². The van der Waals surface area contributed by atoms with Crippen molar-refractivity contribution in [2.24, 2.45) is 0 Å². The van der Waals surface area contributed by atoms with Crippen LogP contribution >= 0.6 is 0 Å². The first kappa shape index (κ1) is 19.8. The Morgan fingerprint density at radius 3 is 2.46 bits per heavy atom. The highest BCUT2D eigenvalue weighted by molar-refractivity contribution is 6.00. The number of hydrogen-bond donors (Lipinski definition) is 2. The van der Waals surface area contributed by atoms with Crippen LogP contribution in [0.1, 0.15) is 54.2 Å². The first-order valence-electron chi connectivity index (χ1n) is 8.68. The molecule has 140 valence electrons. The van der Waals surface area contributed by atoms with Crippen LogP contribution in [0.25, 0.3) is 11.1 Å². The molecular weight excluding hydrogens is 335 g/mol. The van der Waals surface area contributed by atoms with Gasteiger partial charge in [0.15, 0.2) is 0 Å². The van der Waals surface area contributed by atoms with Crippen molar-refractivity contribution in [2.45, 2.75) is 39.0 Å². The maximum Gasteiger partial charge on any atom is 0.340 e. The molecule has 6 heteroatoms. The predicted octanol–water partition coefficient (Wildman–Crippen LogP) is 3.69. The number of anilines is 1. The number of unbranched alkanes of at least 4 members (excludes halogenated alkanes) is 1. The fourth-order valence-electron chi connectivity index (χ4n) is 2.99. The summed E-state index contributed by atoms with van der Waals surface area (Å²) in [5, 5.41) is 9.07. The molecule has 0 unspecified atom stereocenters. The number of aromatic nitrogens is 1. The predicted molar refractivity (Wildman–Crippen MR) is 99.5 cm³/mol. The van der Waals surface area contributed by atoms with E-state index < -0.39 is 5.97 Å². The summed E-state index contributed by atoms with van der Waals surface area (Å²) in [5.41, 5.74) is 9.17. The van der Waals surface area contributed by atoms with Crippen molar-refractivity contribution in [2.75, 3.05) is 19.5 Å². The van der Waals surface area contributed by atoms with Gasteiger partial charge in [-0.15, -0.1) is 0 Å². The third-order valence-corrected chi connectivity index (χ3v) is 4.26. The number of ether oxygens (including phenoxy) is 1. The number of hydrogen-bond acceptors (Lipinski definition) is 5. The Hall–Kier alpha value is -2.47. The van der Waals surface area contributed by atoms with Crippen LogP contribution in [0.5, 0.6) is 0 Å². The summed E-state index contributed by atoms with van der Waals surface area (Å²) in [4.78, 5) is 17.0. The minimum Gasteiger partial charge on any atom is -0.465 e. The second-order valence-corrected chi connectivity index (χ2v) is 6.44. The van der Waals surface area contributed by atoms with Gasteiger partial charge < -0.3 is 15.6 Å². The standard InChI is InChI=1S/C20H25FN2O3/c1-12(2)18-17(20(25)26-3)16(13-7-9-14(21)10-8-13)15(19(22)23-18)6-4-5-11-24/h7-10,12,24H,4-6,11H2,1-3H3,(H2,22,23). The average molecular weight is 360 g/mol. The maximum atomic E-state index is 13.4. The number of pyridine rings is 1. The third kappa shape index (κ3) is 4.19. The van der Waals surface area contributed by atoms with Gasteiger partial charge in [0.2, 0.25) is 0 Å². The molecule has 26 heavy (non-hydrogen) atoms. The highest BCUT2D eigenvalue weighted by Gasteiger charge is 2.26. The van der Waals surface area contributed by atoms with E-state index in [1.54, 1.807) is 12.1 Å². The summed E-state index contributed by atoms with van der Waals surface area (Å²) in [6.45, 7) is 3.93. The van der Waals surface area contributed by atoms with Crippen LogP contribution in [0.3, 0.4) is 0 Å². The number of aliphatic hydroxyl groups excluding tert-OH is 1. The maximum absolute atomic E-state index is 13.4. The molecule has 1 aromatic carbocycles. The number of halogens is 1. The van der Waals surface area contributed by atoms with Gasteiger partial charge in [-0.2, -0.15) is 0 Å². The molecule has 0 aliphatic rings. The van der Waals surface area contributed by atoms with E-state index in [0.29, 0.717) is 47.5 Å². The summed E-state index contributed by atoms with van der Waals surface area (Å²) in [7, 11) is 1.32. The number of nitrogen functional groups attached to an aromatic ring is 1. The van der Waals surface area contributed by atoms with Crippen LogP contribution in [-0.2, 0) is 11.2 Å². The van der Waals surface area contributed by atoms with Crippen LogP contribution in [0.15, 0.2) is 24.3 Å². The number of aliphatic hydroxyl groups is 1. The number of methoxy groups -OCH3 is 1. The second-order valence-electron chi connectivity index (χ2n) is 6.44. The molecule has 5 nitrogen and oxygen atoms in total. The summed E-state index contributed by atoms with van der Waals surface area (Å²) >= 11 is 0. The number of esters is 1. The number of nitrogens with two attached hydrogens (primary N) is 1. The molecule has 0 fully saturated rings. The van der Waals surface area contributed by atoms with Gasteiger partial charge in [0.05, 0.1) is 18.4 Å². The number of rotatable bonds is 7. The van der Waals surface area contributed by atoms with Crippen LogP contribution in [0.4, 0.5) is 10.2 Å². The Kier molecular flexibility index (Phi) is 6.69.